The Bertz CT molecular complexity index is 1620. The number of imidazole rings is 1. The molecule has 38 heavy (non-hydrogen) atoms. The minimum atomic E-state index is -0.431. The number of benzene rings is 1. The molecular weight excluding hydrogens is 529 g/mol. The third kappa shape index (κ3) is 4.52. The van der Waals surface area contributed by atoms with E-state index >= 15 is 4.39 Å². The zero-order chi connectivity index (χ0) is 26.2. The number of aromatic nitrogens is 6. The molecule has 1 aromatic carbocycles. The van der Waals surface area contributed by atoms with Crippen LogP contribution in [-0.4, -0.2) is 48.8 Å². The smallest absolute Gasteiger partial charge is 0.261 e. The highest BCUT2D eigenvalue weighted by Gasteiger charge is 2.30. The minimum absolute atomic E-state index is 0.0599. The molecule has 2 unspecified atom stereocenters. The van der Waals surface area contributed by atoms with Gasteiger partial charge in [-0.05, 0) is 56.0 Å². The number of fused-ring (bicyclic) bond motifs is 1. The summed E-state index contributed by atoms with van der Waals surface area (Å²) in [6.45, 7) is 0. The summed E-state index contributed by atoms with van der Waals surface area (Å²) in [6, 6.07) is 9.93. The summed E-state index contributed by atoms with van der Waals surface area (Å²) < 4.78 is 23.5. The molecule has 2 atom stereocenters. The Labute approximate surface area is 226 Å². The maximum atomic E-state index is 15.3. The number of amides is 1. The lowest BCUT2D eigenvalue weighted by atomic mass is 9.90. The number of ether oxygens (including phenoxy) is 1. The van der Waals surface area contributed by atoms with Crippen molar-refractivity contribution in [1.29, 1.82) is 0 Å². The van der Waals surface area contributed by atoms with Crippen LogP contribution in [0.1, 0.15) is 41.4 Å². The molecule has 0 saturated heterocycles. The molecule has 9 nitrogen and oxygen atoms in total. The van der Waals surface area contributed by atoms with Crippen LogP contribution in [0.4, 0.5) is 4.39 Å². The number of H-pyrrole nitrogens is 1. The highest BCUT2D eigenvalue weighted by molar-refractivity contribution is 7.18. The van der Waals surface area contributed by atoms with Gasteiger partial charge in [0.15, 0.2) is 5.82 Å². The predicted octanol–water partition coefficient (Wildman–Crippen LogP) is 5.66. The van der Waals surface area contributed by atoms with Crippen molar-refractivity contribution >= 4 is 39.9 Å². The number of hydrogen-bond donors (Lipinski definition) is 2. The van der Waals surface area contributed by atoms with Gasteiger partial charge in [-0.3, -0.25) is 14.9 Å². The van der Waals surface area contributed by atoms with Gasteiger partial charge in [0.05, 0.1) is 33.6 Å². The van der Waals surface area contributed by atoms with Gasteiger partial charge in [0, 0.05) is 12.1 Å². The molecule has 2 N–H and O–H groups in total. The van der Waals surface area contributed by atoms with Crippen molar-refractivity contribution < 1.29 is 13.9 Å². The Hall–Kier alpha value is -3.83. The van der Waals surface area contributed by atoms with E-state index in [2.05, 4.69) is 30.0 Å². The van der Waals surface area contributed by atoms with Gasteiger partial charge >= 0.3 is 0 Å². The molecule has 4 aromatic heterocycles. The van der Waals surface area contributed by atoms with E-state index in [-0.39, 0.29) is 23.6 Å². The molecular formula is C26H23ClFN7O2S. The normalized spacial score (nSPS) is 17.6. The van der Waals surface area contributed by atoms with Gasteiger partial charge in [-0.25, -0.2) is 14.4 Å². The first kappa shape index (κ1) is 24.5. The molecule has 6 rings (SSSR count). The Morgan fingerprint density at radius 2 is 2.16 bits per heavy atom. The van der Waals surface area contributed by atoms with E-state index in [9.17, 15) is 4.79 Å². The van der Waals surface area contributed by atoms with Crippen LogP contribution < -0.4 is 10.1 Å². The maximum absolute atomic E-state index is 15.3. The molecule has 0 radical (unpaired) electrons. The quantitative estimate of drug-likeness (QED) is 0.282. The fraction of sp³-hybridized carbons (Fsp3) is 0.269. The van der Waals surface area contributed by atoms with Gasteiger partial charge in [-0.15, -0.1) is 11.3 Å². The van der Waals surface area contributed by atoms with Crippen molar-refractivity contribution in [2.75, 3.05) is 7.11 Å². The molecule has 12 heteroatoms. The van der Waals surface area contributed by atoms with E-state index < -0.39 is 5.82 Å². The highest BCUT2D eigenvalue weighted by Crippen LogP contribution is 2.40. The lowest BCUT2D eigenvalue weighted by Crippen LogP contribution is -2.38. The fourth-order valence-corrected chi connectivity index (χ4v) is 6.06. The number of hydrogen-bond acceptors (Lipinski definition) is 7. The van der Waals surface area contributed by atoms with Gasteiger partial charge in [0.25, 0.3) is 5.91 Å². The van der Waals surface area contributed by atoms with E-state index in [4.69, 9.17) is 21.3 Å². The van der Waals surface area contributed by atoms with Crippen LogP contribution in [0.25, 0.3) is 33.9 Å². The first-order valence-electron chi connectivity index (χ1n) is 12.1. The molecule has 1 aliphatic rings. The van der Waals surface area contributed by atoms with Crippen molar-refractivity contribution in [3.05, 3.63) is 64.0 Å². The third-order valence-corrected chi connectivity index (χ3v) is 8.03. The Kier molecular flexibility index (Phi) is 6.54. The van der Waals surface area contributed by atoms with Crippen LogP contribution in [0.5, 0.6) is 5.75 Å². The van der Waals surface area contributed by atoms with Gasteiger partial charge in [-0.2, -0.15) is 5.10 Å². The van der Waals surface area contributed by atoms with E-state index in [0.717, 1.165) is 24.8 Å². The molecule has 1 aliphatic carbocycles. The summed E-state index contributed by atoms with van der Waals surface area (Å²) >= 11 is 7.28. The predicted molar refractivity (Wildman–Crippen MR) is 143 cm³/mol. The van der Waals surface area contributed by atoms with E-state index in [1.165, 1.54) is 30.8 Å². The Morgan fingerprint density at radius 3 is 2.92 bits per heavy atom. The van der Waals surface area contributed by atoms with Crippen LogP contribution in [-0.2, 0) is 0 Å². The van der Waals surface area contributed by atoms with Gasteiger partial charge < -0.3 is 14.6 Å². The molecule has 194 valence electrons. The Morgan fingerprint density at radius 1 is 1.26 bits per heavy atom. The van der Waals surface area contributed by atoms with Gasteiger partial charge in [-0.1, -0.05) is 17.7 Å². The van der Waals surface area contributed by atoms with Crippen molar-refractivity contribution in [2.24, 2.45) is 0 Å². The lowest BCUT2D eigenvalue weighted by Gasteiger charge is -2.32. The largest absolute Gasteiger partial charge is 0.496 e. The summed E-state index contributed by atoms with van der Waals surface area (Å²) in [4.78, 5) is 27.0. The van der Waals surface area contributed by atoms with Crippen LogP contribution in [0.2, 0.25) is 4.34 Å². The van der Waals surface area contributed by atoms with Crippen molar-refractivity contribution in [3.8, 4) is 28.7 Å². The molecule has 1 amide bonds. The lowest BCUT2D eigenvalue weighted by molar-refractivity contribution is 0.0925. The number of rotatable bonds is 6. The average molecular weight is 552 g/mol. The van der Waals surface area contributed by atoms with Crippen LogP contribution in [0, 0.1) is 5.82 Å². The number of nitrogens with zero attached hydrogens (tertiary/aromatic N) is 5. The molecule has 1 fully saturated rings. The van der Waals surface area contributed by atoms with Crippen LogP contribution in [0.3, 0.4) is 0 Å². The number of methoxy groups -OCH3 is 1. The van der Waals surface area contributed by atoms with E-state index in [1.807, 2.05) is 6.07 Å². The van der Waals surface area contributed by atoms with Gasteiger partial charge in [0.1, 0.15) is 34.9 Å². The summed E-state index contributed by atoms with van der Waals surface area (Å²) in [5.41, 5.74) is 2.28. The fourth-order valence-electron chi connectivity index (χ4n) is 5.12. The van der Waals surface area contributed by atoms with Gasteiger partial charge in [0.2, 0.25) is 0 Å². The monoisotopic (exact) mass is 551 g/mol. The van der Waals surface area contributed by atoms with E-state index in [1.54, 1.807) is 30.5 Å². The molecule has 0 aliphatic heterocycles. The number of carbonyl (C=O) groups is 1. The Balaban J connectivity index is 1.43. The second-order valence-electron chi connectivity index (χ2n) is 9.11. The van der Waals surface area contributed by atoms with Crippen molar-refractivity contribution in [2.45, 2.75) is 37.8 Å². The second kappa shape index (κ2) is 10.1. The van der Waals surface area contributed by atoms with Crippen molar-refractivity contribution in [3.63, 3.8) is 0 Å². The van der Waals surface area contributed by atoms with Crippen molar-refractivity contribution in [1.82, 2.24) is 35.0 Å². The standard InChI is InChI=1S/C26H23ClFN7O2S/c1-37-20-7-3-6-16(28)23(20)25-33-18-12-29-17(24-30-13-31-34-24)11-19(18)35(25)15-5-2-4-14(10-15)32-26(36)21-8-9-22(27)38-21/h3,6-9,11-15H,2,4-5,10H2,1H3,(H,32,36)(H,30,31,34). The molecule has 5 aromatic rings. The van der Waals surface area contributed by atoms with Crippen LogP contribution >= 0.6 is 22.9 Å². The first-order valence-corrected chi connectivity index (χ1v) is 13.3. The molecule has 4 heterocycles. The van der Waals surface area contributed by atoms with Crippen LogP contribution in [0.15, 0.2) is 48.9 Å². The summed E-state index contributed by atoms with van der Waals surface area (Å²) in [7, 11) is 1.51. The summed E-state index contributed by atoms with van der Waals surface area (Å²) in [5.74, 6) is 0.789. The zero-order valence-electron chi connectivity index (χ0n) is 20.3. The topological polar surface area (TPSA) is 111 Å². The summed E-state index contributed by atoms with van der Waals surface area (Å²) in [6.07, 6.45) is 6.30. The number of halogens is 2. The molecule has 0 bridgehead atoms. The summed E-state index contributed by atoms with van der Waals surface area (Å²) in [5, 5.41) is 9.93. The SMILES string of the molecule is COc1cccc(F)c1-c1nc2cnc(-c3ncn[nH]3)cc2n1C1CCCC(NC(=O)c2ccc(Cl)s2)C1. The van der Waals surface area contributed by atoms with E-state index in [0.29, 0.717) is 44.2 Å². The highest BCUT2D eigenvalue weighted by atomic mass is 35.5. The number of aromatic amines is 1. The maximum Gasteiger partial charge on any atom is 0.261 e. The number of pyridine rings is 1. The minimum Gasteiger partial charge on any atom is -0.496 e. The second-order valence-corrected chi connectivity index (χ2v) is 10.8. The third-order valence-electron chi connectivity index (χ3n) is 6.80. The molecule has 0 spiro atoms. The number of carbonyl (C=O) groups excluding carboxylic acids is 1. The number of nitrogens with one attached hydrogen (secondary N) is 2. The first-order chi connectivity index (χ1) is 18.5. The zero-order valence-corrected chi connectivity index (χ0v) is 21.9. The average Bonchev–Trinajstić information content (AvgIpc) is 3.68. The molecule has 1 saturated carbocycles. The number of thiophene rings is 1.